The highest BCUT2D eigenvalue weighted by atomic mass is 16.4. The Morgan fingerprint density at radius 1 is 1.44 bits per heavy atom. The molecule has 0 aliphatic rings. The Balaban J connectivity index is 2.50. The van der Waals surface area contributed by atoms with Crippen molar-refractivity contribution in [2.24, 2.45) is 5.41 Å². The molecule has 0 atom stereocenters. The first-order valence-electron chi connectivity index (χ1n) is 6.01. The number of hydrogen-bond acceptors (Lipinski definition) is 2. The second-order valence-corrected chi connectivity index (χ2v) is 5.78. The Morgan fingerprint density at radius 2 is 2.17 bits per heavy atom. The van der Waals surface area contributed by atoms with Gasteiger partial charge in [0.05, 0.1) is 11.0 Å². The first kappa shape index (κ1) is 12.6. The average molecular weight is 246 g/mol. The predicted molar refractivity (Wildman–Crippen MR) is 70.5 cm³/mol. The van der Waals surface area contributed by atoms with Gasteiger partial charge in [-0.25, -0.2) is 0 Å². The van der Waals surface area contributed by atoms with Crippen LogP contribution >= 0.6 is 0 Å². The van der Waals surface area contributed by atoms with Gasteiger partial charge in [0.25, 0.3) is 0 Å². The summed E-state index contributed by atoms with van der Waals surface area (Å²) in [5.41, 5.74) is 3.06. The van der Waals surface area contributed by atoms with Gasteiger partial charge in [-0.05, 0) is 29.5 Å². The summed E-state index contributed by atoms with van der Waals surface area (Å²) in [6.45, 7) is 6.47. The molecule has 2 aromatic heterocycles. The second kappa shape index (κ2) is 4.44. The lowest BCUT2D eigenvalue weighted by molar-refractivity contribution is -0.137. The number of fused-ring (bicyclic) bond motifs is 1. The van der Waals surface area contributed by atoms with Gasteiger partial charge in [0.1, 0.15) is 6.54 Å². The molecule has 4 nitrogen and oxygen atoms in total. The normalized spacial score (nSPS) is 11.9. The molecule has 0 spiro atoms. The lowest BCUT2D eigenvalue weighted by atomic mass is 9.89. The van der Waals surface area contributed by atoms with Crippen LogP contribution < -0.4 is 0 Å². The summed E-state index contributed by atoms with van der Waals surface area (Å²) in [4.78, 5) is 15.2. The summed E-state index contributed by atoms with van der Waals surface area (Å²) < 4.78 is 1.76. The van der Waals surface area contributed by atoms with Crippen molar-refractivity contribution < 1.29 is 9.90 Å². The van der Waals surface area contributed by atoms with Crippen LogP contribution in [0.3, 0.4) is 0 Å². The average Bonchev–Trinajstić information content (AvgIpc) is 2.54. The number of carbonyl (C=O) groups is 1. The lowest BCUT2D eigenvalue weighted by Gasteiger charge is -2.16. The highest BCUT2D eigenvalue weighted by Crippen LogP contribution is 2.26. The van der Waals surface area contributed by atoms with E-state index in [9.17, 15) is 4.79 Å². The van der Waals surface area contributed by atoms with Gasteiger partial charge in [0, 0.05) is 12.4 Å². The third kappa shape index (κ3) is 2.70. The summed E-state index contributed by atoms with van der Waals surface area (Å²) in [5.74, 6) is -0.835. The van der Waals surface area contributed by atoms with Gasteiger partial charge in [-0.2, -0.15) is 0 Å². The molecule has 18 heavy (non-hydrogen) atoms. The fraction of sp³-hybridized carbons (Fsp3) is 0.429. The first-order chi connectivity index (χ1) is 8.37. The van der Waals surface area contributed by atoms with Crippen molar-refractivity contribution in [1.82, 2.24) is 9.55 Å². The van der Waals surface area contributed by atoms with Crippen LogP contribution in [0.5, 0.6) is 0 Å². The monoisotopic (exact) mass is 246 g/mol. The third-order valence-electron chi connectivity index (χ3n) is 2.74. The molecular weight excluding hydrogens is 228 g/mol. The SMILES string of the molecule is CC(C)(C)Cc1cn(CC(=O)O)c2cccnc12. The van der Waals surface area contributed by atoms with Crippen molar-refractivity contribution in [1.29, 1.82) is 0 Å². The van der Waals surface area contributed by atoms with E-state index in [1.165, 1.54) is 0 Å². The number of nitrogens with zero attached hydrogens (tertiary/aromatic N) is 2. The smallest absolute Gasteiger partial charge is 0.323 e. The fourth-order valence-corrected chi connectivity index (χ4v) is 2.17. The van der Waals surface area contributed by atoms with Crippen LogP contribution in [0.15, 0.2) is 24.5 Å². The largest absolute Gasteiger partial charge is 0.480 e. The van der Waals surface area contributed by atoms with Gasteiger partial charge >= 0.3 is 5.97 Å². The van der Waals surface area contributed by atoms with E-state index in [4.69, 9.17) is 5.11 Å². The van der Waals surface area contributed by atoms with Crippen LogP contribution in [-0.2, 0) is 17.8 Å². The minimum atomic E-state index is -0.835. The van der Waals surface area contributed by atoms with Crippen molar-refractivity contribution >= 4 is 17.0 Å². The second-order valence-electron chi connectivity index (χ2n) is 5.78. The van der Waals surface area contributed by atoms with Crippen LogP contribution in [0.2, 0.25) is 0 Å². The van der Waals surface area contributed by atoms with E-state index in [-0.39, 0.29) is 12.0 Å². The molecule has 4 heteroatoms. The van der Waals surface area contributed by atoms with Crippen molar-refractivity contribution in [3.63, 3.8) is 0 Å². The number of carboxylic acids is 1. The molecule has 0 amide bonds. The van der Waals surface area contributed by atoms with Crippen LogP contribution in [0.1, 0.15) is 26.3 Å². The molecule has 1 N–H and O–H groups in total. The van der Waals surface area contributed by atoms with Crippen molar-refractivity contribution in [2.45, 2.75) is 33.7 Å². The Labute approximate surface area is 106 Å². The molecule has 0 aliphatic heterocycles. The highest BCUT2D eigenvalue weighted by molar-refractivity contribution is 5.81. The molecule has 0 saturated heterocycles. The van der Waals surface area contributed by atoms with Crippen molar-refractivity contribution in [3.05, 3.63) is 30.1 Å². The number of aromatic nitrogens is 2. The standard InChI is InChI=1S/C14H18N2O2/c1-14(2,3)7-10-8-16(9-12(17)18)11-5-4-6-15-13(10)11/h4-6,8H,7,9H2,1-3H3,(H,17,18). The van der Waals surface area contributed by atoms with Gasteiger partial charge in [-0.15, -0.1) is 0 Å². The molecule has 0 radical (unpaired) electrons. The molecule has 0 aliphatic carbocycles. The maximum Gasteiger partial charge on any atom is 0.323 e. The lowest BCUT2D eigenvalue weighted by Crippen LogP contribution is -2.09. The summed E-state index contributed by atoms with van der Waals surface area (Å²) in [7, 11) is 0. The maximum absolute atomic E-state index is 10.9. The van der Waals surface area contributed by atoms with Crippen LogP contribution in [0.4, 0.5) is 0 Å². The van der Waals surface area contributed by atoms with E-state index in [1.54, 1.807) is 10.8 Å². The van der Waals surface area contributed by atoms with Crippen LogP contribution in [-0.4, -0.2) is 20.6 Å². The topological polar surface area (TPSA) is 55.1 Å². The fourth-order valence-electron chi connectivity index (χ4n) is 2.17. The van der Waals surface area contributed by atoms with Gasteiger partial charge in [-0.3, -0.25) is 9.78 Å². The van der Waals surface area contributed by atoms with Gasteiger partial charge in [0.15, 0.2) is 0 Å². The number of carboxylic acid groups (broad SMARTS) is 1. The third-order valence-corrected chi connectivity index (χ3v) is 2.74. The highest BCUT2D eigenvalue weighted by Gasteiger charge is 2.17. The first-order valence-corrected chi connectivity index (χ1v) is 6.01. The minimum absolute atomic E-state index is 0.0215. The molecule has 0 aromatic carbocycles. The molecule has 0 bridgehead atoms. The Morgan fingerprint density at radius 3 is 2.78 bits per heavy atom. The Kier molecular flexibility index (Phi) is 3.11. The van der Waals surface area contributed by atoms with E-state index in [2.05, 4.69) is 25.8 Å². The molecule has 2 rings (SSSR count). The van der Waals surface area contributed by atoms with E-state index in [0.29, 0.717) is 0 Å². The molecule has 0 saturated carbocycles. The van der Waals surface area contributed by atoms with Gasteiger partial charge in [0.2, 0.25) is 0 Å². The summed E-state index contributed by atoms with van der Waals surface area (Å²) in [6.07, 6.45) is 4.55. The molecule has 2 heterocycles. The molecular formula is C14H18N2O2. The Bertz CT molecular complexity index is 579. The van der Waals surface area contributed by atoms with E-state index in [1.807, 2.05) is 18.3 Å². The molecule has 2 aromatic rings. The zero-order chi connectivity index (χ0) is 13.3. The van der Waals surface area contributed by atoms with Gasteiger partial charge in [-0.1, -0.05) is 20.8 Å². The van der Waals surface area contributed by atoms with Crippen molar-refractivity contribution in [2.75, 3.05) is 0 Å². The zero-order valence-corrected chi connectivity index (χ0v) is 11.0. The maximum atomic E-state index is 10.9. The molecule has 0 fully saturated rings. The predicted octanol–water partition coefficient (Wildman–Crippen LogP) is 2.71. The molecule has 96 valence electrons. The Hall–Kier alpha value is -1.84. The molecule has 0 unspecified atom stereocenters. The van der Waals surface area contributed by atoms with Crippen LogP contribution in [0.25, 0.3) is 11.0 Å². The number of pyridine rings is 1. The van der Waals surface area contributed by atoms with Crippen molar-refractivity contribution in [3.8, 4) is 0 Å². The minimum Gasteiger partial charge on any atom is -0.480 e. The van der Waals surface area contributed by atoms with Gasteiger partial charge < -0.3 is 9.67 Å². The number of hydrogen-bond donors (Lipinski definition) is 1. The zero-order valence-electron chi connectivity index (χ0n) is 11.0. The van der Waals surface area contributed by atoms with E-state index >= 15 is 0 Å². The summed E-state index contributed by atoms with van der Waals surface area (Å²) in [5, 5.41) is 8.93. The van der Waals surface area contributed by atoms with E-state index < -0.39 is 5.97 Å². The summed E-state index contributed by atoms with van der Waals surface area (Å²) >= 11 is 0. The van der Waals surface area contributed by atoms with E-state index in [0.717, 1.165) is 23.0 Å². The summed E-state index contributed by atoms with van der Waals surface area (Å²) in [6, 6.07) is 3.75. The number of rotatable bonds is 3. The van der Waals surface area contributed by atoms with Crippen LogP contribution in [0, 0.1) is 5.41 Å². The quantitative estimate of drug-likeness (QED) is 0.906. The number of aliphatic carboxylic acids is 1.